The number of benzene rings is 1. The minimum atomic E-state index is 0.132. The Morgan fingerprint density at radius 3 is 2.81 bits per heavy atom. The molecule has 1 heterocycles. The molecule has 0 spiro atoms. The second kappa shape index (κ2) is 4.38. The molecule has 0 saturated carbocycles. The fourth-order valence-electron chi connectivity index (χ4n) is 2.07. The van der Waals surface area contributed by atoms with Crippen LogP contribution in [-0.2, 0) is 6.42 Å². The highest BCUT2D eigenvalue weighted by atomic mass is 79.9. The average Bonchev–Trinajstić information content (AvgIpc) is 2.17. The van der Waals surface area contributed by atoms with Crippen LogP contribution in [0.3, 0.4) is 0 Å². The molecular weight excluding hydrogens is 266 g/mol. The Balaban J connectivity index is 2.14. The van der Waals surface area contributed by atoms with E-state index < -0.39 is 0 Å². The second-order valence-corrected chi connectivity index (χ2v) is 6.18. The van der Waals surface area contributed by atoms with E-state index in [2.05, 4.69) is 48.1 Å². The van der Waals surface area contributed by atoms with Crippen LogP contribution in [0.5, 0.6) is 5.75 Å². The van der Waals surface area contributed by atoms with Gasteiger partial charge in [-0.1, -0.05) is 22.0 Å². The molecule has 0 aromatic heterocycles. The zero-order valence-corrected chi connectivity index (χ0v) is 11.6. The number of ether oxygens (including phenoxy) is 1. The molecule has 0 saturated heterocycles. The van der Waals surface area contributed by atoms with Crippen molar-refractivity contribution in [2.24, 2.45) is 0 Å². The van der Waals surface area contributed by atoms with E-state index in [-0.39, 0.29) is 5.54 Å². The van der Waals surface area contributed by atoms with Crippen LogP contribution in [0, 0.1) is 0 Å². The first kappa shape index (κ1) is 11.9. The fraction of sp³-hybridized carbons (Fsp3) is 0.538. The Bertz CT molecular complexity index is 384. The van der Waals surface area contributed by atoms with Gasteiger partial charge in [0.25, 0.3) is 0 Å². The van der Waals surface area contributed by atoms with Crippen LogP contribution in [0.25, 0.3) is 0 Å². The molecule has 16 heavy (non-hydrogen) atoms. The maximum absolute atomic E-state index is 5.77. The van der Waals surface area contributed by atoms with E-state index in [1.165, 1.54) is 5.56 Å². The van der Waals surface area contributed by atoms with Gasteiger partial charge < -0.3 is 10.1 Å². The predicted octanol–water partition coefficient (Wildman–Crippen LogP) is 3.14. The third-order valence-corrected chi connectivity index (χ3v) is 3.35. The number of fused-ring (bicyclic) bond motifs is 1. The normalized spacial score (nSPS) is 20.1. The van der Waals surface area contributed by atoms with E-state index >= 15 is 0 Å². The van der Waals surface area contributed by atoms with Gasteiger partial charge in [0.1, 0.15) is 12.4 Å². The fourth-order valence-corrected chi connectivity index (χ4v) is 2.58. The van der Waals surface area contributed by atoms with Crippen molar-refractivity contribution in [2.75, 3.05) is 6.61 Å². The smallest absolute Gasteiger partial charge is 0.123 e. The molecule has 1 aromatic rings. The molecule has 2 rings (SSSR count). The minimum Gasteiger partial charge on any atom is -0.492 e. The number of hydrogen-bond donors (Lipinski definition) is 1. The summed E-state index contributed by atoms with van der Waals surface area (Å²) in [6.07, 6.45) is 1.02. The molecular formula is C13H18BrNO. The van der Waals surface area contributed by atoms with E-state index in [9.17, 15) is 0 Å². The molecule has 0 radical (unpaired) electrons. The van der Waals surface area contributed by atoms with E-state index in [0.717, 1.165) is 23.2 Å². The number of halogens is 1. The molecule has 1 aromatic carbocycles. The van der Waals surface area contributed by atoms with Gasteiger partial charge in [0.2, 0.25) is 0 Å². The van der Waals surface area contributed by atoms with Crippen molar-refractivity contribution in [3.63, 3.8) is 0 Å². The van der Waals surface area contributed by atoms with Gasteiger partial charge in [0.15, 0.2) is 0 Å². The quantitative estimate of drug-likeness (QED) is 0.855. The lowest BCUT2D eigenvalue weighted by Gasteiger charge is -2.32. The van der Waals surface area contributed by atoms with E-state index in [0.29, 0.717) is 6.04 Å². The van der Waals surface area contributed by atoms with Gasteiger partial charge in [-0.2, -0.15) is 0 Å². The van der Waals surface area contributed by atoms with E-state index in [1.54, 1.807) is 0 Å². The molecule has 3 heteroatoms. The van der Waals surface area contributed by atoms with Crippen LogP contribution in [-0.4, -0.2) is 18.2 Å². The summed E-state index contributed by atoms with van der Waals surface area (Å²) in [7, 11) is 0. The van der Waals surface area contributed by atoms with Crippen LogP contribution in [0.4, 0.5) is 0 Å². The highest BCUT2D eigenvalue weighted by molar-refractivity contribution is 9.10. The lowest BCUT2D eigenvalue weighted by Crippen LogP contribution is -2.48. The lowest BCUT2D eigenvalue weighted by molar-refractivity contribution is 0.211. The molecule has 1 aliphatic heterocycles. The molecule has 88 valence electrons. The molecule has 1 unspecified atom stereocenters. The third kappa shape index (κ3) is 2.77. The van der Waals surface area contributed by atoms with E-state index in [1.807, 2.05) is 12.1 Å². The maximum atomic E-state index is 5.77. The van der Waals surface area contributed by atoms with Gasteiger partial charge >= 0.3 is 0 Å². The molecule has 1 N–H and O–H groups in total. The van der Waals surface area contributed by atoms with Crippen LogP contribution >= 0.6 is 15.9 Å². The molecule has 0 aliphatic carbocycles. The number of rotatable bonds is 1. The standard InChI is InChI=1S/C13H18BrNO/c1-13(2,3)15-9-7-10-11(14)5-4-6-12(10)16-8-9/h4-6,9,15H,7-8H2,1-3H3. The zero-order valence-electron chi connectivity index (χ0n) is 10.0. The van der Waals surface area contributed by atoms with Gasteiger partial charge in [0.05, 0.1) is 0 Å². The van der Waals surface area contributed by atoms with Crippen LogP contribution in [0.1, 0.15) is 26.3 Å². The third-order valence-electron chi connectivity index (χ3n) is 2.60. The van der Waals surface area contributed by atoms with Gasteiger partial charge in [0, 0.05) is 21.6 Å². The van der Waals surface area contributed by atoms with Crippen molar-refractivity contribution < 1.29 is 4.74 Å². The zero-order chi connectivity index (χ0) is 11.8. The SMILES string of the molecule is CC(C)(C)NC1COc2cccc(Br)c2C1. The molecule has 0 bridgehead atoms. The van der Waals surface area contributed by atoms with Gasteiger partial charge in [-0.05, 0) is 39.3 Å². The molecule has 2 nitrogen and oxygen atoms in total. The largest absolute Gasteiger partial charge is 0.492 e. The topological polar surface area (TPSA) is 21.3 Å². The summed E-state index contributed by atoms with van der Waals surface area (Å²) >= 11 is 3.58. The van der Waals surface area contributed by atoms with Gasteiger partial charge in [-0.3, -0.25) is 0 Å². The summed E-state index contributed by atoms with van der Waals surface area (Å²) in [5, 5.41) is 3.58. The lowest BCUT2D eigenvalue weighted by atomic mass is 9.99. The first-order chi connectivity index (χ1) is 7.46. The summed E-state index contributed by atoms with van der Waals surface area (Å²) in [5.41, 5.74) is 1.41. The van der Waals surface area contributed by atoms with E-state index in [4.69, 9.17) is 4.74 Å². The van der Waals surface area contributed by atoms with Crippen molar-refractivity contribution in [3.8, 4) is 5.75 Å². The van der Waals surface area contributed by atoms with Gasteiger partial charge in [-0.25, -0.2) is 0 Å². The second-order valence-electron chi connectivity index (χ2n) is 5.32. The molecule has 0 amide bonds. The van der Waals surface area contributed by atoms with Crippen molar-refractivity contribution in [1.29, 1.82) is 0 Å². The highest BCUT2D eigenvalue weighted by Crippen LogP contribution is 2.31. The number of hydrogen-bond acceptors (Lipinski definition) is 2. The summed E-state index contributed by atoms with van der Waals surface area (Å²) in [6, 6.07) is 6.52. The predicted molar refractivity (Wildman–Crippen MR) is 70.0 cm³/mol. The minimum absolute atomic E-state index is 0.132. The van der Waals surface area contributed by atoms with Crippen molar-refractivity contribution >= 4 is 15.9 Å². The Kier molecular flexibility index (Phi) is 3.27. The molecule has 0 fully saturated rings. The molecule has 1 aliphatic rings. The van der Waals surface area contributed by atoms with Gasteiger partial charge in [-0.15, -0.1) is 0 Å². The Hall–Kier alpha value is -0.540. The Morgan fingerprint density at radius 1 is 1.38 bits per heavy atom. The first-order valence-corrected chi connectivity index (χ1v) is 6.43. The van der Waals surface area contributed by atoms with Crippen LogP contribution < -0.4 is 10.1 Å². The maximum Gasteiger partial charge on any atom is 0.123 e. The molecule has 1 atom stereocenters. The van der Waals surface area contributed by atoms with Crippen molar-refractivity contribution in [2.45, 2.75) is 38.8 Å². The van der Waals surface area contributed by atoms with Crippen LogP contribution in [0.15, 0.2) is 22.7 Å². The van der Waals surface area contributed by atoms with Crippen LogP contribution in [0.2, 0.25) is 0 Å². The summed E-state index contributed by atoms with van der Waals surface area (Å²) in [6.45, 7) is 7.30. The summed E-state index contributed by atoms with van der Waals surface area (Å²) in [4.78, 5) is 0. The van der Waals surface area contributed by atoms with Crippen molar-refractivity contribution in [1.82, 2.24) is 5.32 Å². The summed E-state index contributed by atoms with van der Waals surface area (Å²) in [5.74, 6) is 1.02. The number of nitrogens with one attached hydrogen (secondary N) is 1. The highest BCUT2D eigenvalue weighted by Gasteiger charge is 2.24. The monoisotopic (exact) mass is 283 g/mol. The van der Waals surface area contributed by atoms with Crippen molar-refractivity contribution in [3.05, 3.63) is 28.2 Å². The summed E-state index contributed by atoms with van der Waals surface area (Å²) < 4.78 is 6.91. The Morgan fingerprint density at radius 2 is 2.12 bits per heavy atom. The average molecular weight is 284 g/mol. The Labute approximate surface area is 106 Å². The first-order valence-electron chi connectivity index (χ1n) is 5.63.